The second-order valence-electron chi connectivity index (χ2n) is 4.58. The van der Waals surface area contributed by atoms with Crippen molar-refractivity contribution in [2.75, 3.05) is 6.61 Å². The van der Waals surface area contributed by atoms with Crippen molar-refractivity contribution in [1.82, 2.24) is 0 Å². The van der Waals surface area contributed by atoms with E-state index in [2.05, 4.69) is 0 Å². The summed E-state index contributed by atoms with van der Waals surface area (Å²) in [5, 5.41) is 0. The summed E-state index contributed by atoms with van der Waals surface area (Å²) in [5.41, 5.74) is 1.21. The van der Waals surface area contributed by atoms with E-state index in [4.69, 9.17) is 9.47 Å². The molecular formula is C17H13FO3. The number of hydrogen-bond donors (Lipinski definition) is 0. The highest BCUT2D eigenvalue weighted by molar-refractivity contribution is 6.14. The van der Waals surface area contributed by atoms with Gasteiger partial charge in [0.15, 0.2) is 5.76 Å². The van der Waals surface area contributed by atoms with Gasteiger partial charge in [-0.05, 0) is 42.8 Å². The molecule has 2 aromatic carbocycles. The Hall–Kier alpha value is -2.62. The number of ether oxygens (including phenoxy) is 2. The smallest absolute Gasteiger partial charge is 0.231 e. The molecule has 0 saturated carbocycles. The van der Waals surface area contributed by atoms with E-state index in [0.717, 1.165) is 0 Å². The fourth-order valence-electron chi connectivity index (χ4n) is 2.13. The van der Waals surface area contributed by atoms with E-state index in [1.165, 1.54) is 12.1 Å². The Morgan fingerprint density at radius 1 is 1.19 bits per heavy atom. The molecule has 0 bridgehead atoms. The Morgan fingerprint density at radius 3 is 2.67 bits per heavy atom. The number of ketones is 1. The van der Waals surface area contributed by atoms with Crippen LogP contribution in [0.25, 0.3) is 6.08 Å². The van der Waals surface area contributed by atoms with Gasteiger partial charge in [0.1, 0.15) is 17.3 Å². The molecule has 21 heavy (non-hydrogen) atoms. The summed E-state index contributed by atoms with van der Waals surface area (Å²) < 4.78 is 23.8. The number of allylic oxidation sites excluding steroid dienone is 1. The van der Waals surface area contributed by atoms with Crippen molar-refractivity contribution in [3.63, 3.8) is 0 Å². The molecule has 0 fully saturated rings. The van der Waals surface area contributed by atoms with E-state index in [-0.39, 0.29) is 17.4 Å². The summed E-state index contributed by atoms with van der Waals surface area (Å²) in [6.07, 6.45) is 1.60. The Balaban J connectivity index is 1.90. The third-order valence-electron chi connectivity index (χ3n) is 3.12. The average molecular weight is 284 g/mol. The lowest BCUT2D eigenvalue weighted by atomic mass is 10.1. The molecule has 1 aliphatic rings. The van der Waals surface area contributed by atoms with Gasteiger partial charge in [0.25, 0.3) is 0 Å². The Kier molecular flexibility index (Phi) is 3.44. The summed E-state index contributed by atoms with van der Waals surface area (Å²) in [4.78, 5) is 12.2. The third-order valence-corrected chi connectivity index (χ3v) is 3.12. The number of Topliss-reactive ketones (excluding diaryl/α,β-unsaturated/α-hetero) is 1. The van der Waals surface area contributed by atoms with E-state index in [0.29, 0.717) is 29.2 Å². The molecule has 0 atom stereocenters. The van der Waals surface area contributed by atoms with E-state index in [1.54, 1.807) is 36.4 Å². The van der Waals surface area contributed by atoms with Crippen LogP contribution in [0.4, 0.5) is 4.39 Å². The highest BCUT2D eigenvalue weighted by atomic mass is 19.1. The molecule has 0 radical (unpaired) electrons. The zero-order chi connectivity index (χ0) is 14.8. The van der Waals surface area contributed by atoms with Gasteiger partial charge in [-0.3, -0.25) is 4.79 Å². The molecule has 4 heteroatoms. The quantitative estimate of drug-likeness (QED) is 0.803. The number of hydrogen-bond acceptors (Lipinski definition) is 3. The van der Waals surface area contributed by atoms with Gasteiger partial charge in [0.05, 0.1) is 12.2 Å². The Morgan fingerprint density at radius 2 is 1.95 bits per heavy atom. The molecule has 1 aliphatic heterocycles. The first kappa shape index (κ1) is 13.4. The fraction of sp³-hybridized carbons (Fsp3) is 0.118. The molecular weight excluding hydrogens is 271 g/mol. The highest BCUT2D eigenvalue weighted by Crippen LogP contribution is 2.34. The first-order chi connectivity index (χ1) is 10.2. The topological polar surface area (TPSA) is 35.5 Å². The van der Waals surface area contributed by atoms with E-state index < -0.39 is 0 Å². The maximum Gasteiger partial charge on any atom is 0.231 e. The third kappa shape index (κ3) is 2.65. The van der Waals surface area contributed by atoms with Crippen molar-refractivity contribution in [1.29, 1.82) is 0 Å². The minimum absolute atomic E-state index is 0.183. The second kappa shape index (κ2) is 5.40. The monoisotopic (exact) mass is 284 g/mol. The summed E-state index contributed by atoms with van der Waals surface area (Å²) in [6.45, 7) is 2.43. The van der Waals surface area contributed by atoms with Crippen molar-refractivity contribution in [3.8, 4) is 11.5 Å². The minimum atomic E-state index is -0.319. The molecule has 106 valence electrons. The van der Waals surface area contributed by atoms with Gasteiger partial charge in [-0.1, -0.05) is 12.1 Å². The second-order valence-corrected chi connectivity index (χ2v) is 4.58. The van der Waals surface area contributed by atoms with Crippen LogP contribution >= 0.6 is 0 Å². The van der Waals surface area contributed by atoms with Gasteiger partial charge in [0.2, 0.25) is 5.78 Å². The number of rotatable bonds is 3. The van der Waals surface area contributed by atoms with Crippen LogP contribution in [0.15, 0.2) is 48.2 Å². The van der Waals surface area contributed by atoms with E-state index in [9.17, 15) is 9.18 Å². The zero-order valence-electron chi connectivity index (χ0n) is 11.4. The van der Waals surface area contributed by atoms with Gasteiger partial charge in [-0.25, -0.2) is 4.39 Å². The van der Waals surface area contributed by atoms with Gasteiger partial charge < -0.3 is 9.47 Å². The van der Waals surface area contributed by atoms with Crippen molar-refractivity contribution in [2.24, 2.45) is 0 Å². The molecule has 0 spiro atoms. The zero-order valence-corrected chi connectivity index (χ0v) is 11.4. The largest absolute Gasteiger partial charge is 0.494 e. The van der Waals surface area contributed by atoms with E-state index >= 15 is 0 Å². The Bertz CT molecular complexity index is 717. The van der Waals surface area contributed by atoms with Crippen molar-refractivity contribution in [3.05, 3.63) is 65.2 Å². The number of halogens is 1. The number of carbonyl (C=O) groups excluding carboxylic acids is 1. The van der Waals surface area contributed by atoms with Crippen molar-refractivity contribution < 1.29 is 18.7 Å². The number of benzene rings is 2. The molecule has 0 saturated heterocycles. The average Bonchev–Trinajstić information content (AvgIpc) is 2.78. The molecule has 2 aromatic rings. The first-order valence-corrected chi connectivity index (χ1v) is 6.64. The molecule has 1 heterocycles. The minimum Gasteiger partial charge on any atom is -0.494 e. The number of fused-ring (bicyclic) bond motifs is 1. The van der Waals surface area contributed by atoms with Gasteiger partial charge in [-0.2, -0.15) is 0 Å². The van der Waals surface area contributed by atoms with Crippen LogP contribution in [0.1, 0.15) is 22.8 Å². The van der Waals surface area contributed by atoms with Crippen molar-refractivity contribution >= 4 is 11.9 Å². The van der Waals surface area contributed by atoms with Crippen LogP contribution < -0.4 is 9.47 Å². The summed E-state index contributed by atoms with van der Waals surface area (Å²) in [7, 11) is 0. The van der Waals surface area contributed by atoms with Crippen LogP contribution in [0, 0.1) is 5.82 Å². The van der Waals surface area contributed by atoms with E-state index in [1.807, 2.05) is 6.92 Å². The first-order valence-electron chi connectivity index (χ1n) is 6.64. The van der Waals surface area contributed by atoms with Crippen molar-refractivity contribution in [2.45, 2.75) is 6.92 Å². The van der Waals surface area contributed by atoms with Crippen LogP contribution in [0.5, 0.6) is 11.5 Å². The van der Waals surface area contributed by atoms with Gasteiger partial charge >= 0.3 is 0 Å². The summed E-state index contributed by atoms with van der Waals surface area (Å²) >= 11 is 0. The fourth-order valence-corrected chi connectivity index (χ4v) is 2.13. The lowest BCUT2D eigenvalue weighted by Crippen LogP contribution is -1.98. The maximum atomic E-state index is 12.9. The van der Waals surface area contributed by atoms with Crippen LogP contribution in [-0.2, 0) is 0 Å². The standard InChI is InChI=1S/C17H13FO3/c1-2-20-13-7-8-14-15(10-13)21-16(17(14)19)9-11-3-5-12(18)6-4-11/h3-10H,2H2,1H3/b16-9-. The van der Waals surface area contributed by atoms with Gasteiger partial charge in [-0.15, -0.1) is 0 Å². The molecule has 0 aliphatic carbocycles. The predicted molar refractivity (Wildman–Crippen MR) is 76.9 cm³/mol. The summed E-state index contributed by atoms with van der Waals surface area (Å²) in [6, 6.07) is 11.0. The molecule has 0 unspecified atom stereocenters. The maximum absolute atomic E-state index is 12.9. The van der Waals surface area contributed by atoms with Crippen LogP contribution in [-0.4, -0.2) is 12.4 Å². The normalized spacial score (nSPS) is 15.0. The molecule has 0 aromatic heterocycles. The Labute approximate surface area is 121 Å². The van der Waals surface area contributed by atoms with Crippen LogP contribution in [0.2, 0.25) is 0 Å². The highest BCUT2D eigenvalue weighted by Gasteiger charge is 2.27. The molecule has 3 nitrogen and oxygen atoms in total. The SMILES string of the molecule is CCOc1ccc2c(c1)O/C(=C\c1ccc(F)cc1)C2=O. The lowest BCUT2D eigenvalue weighted by Gasteiger charge is -2.03. The summed E-state index contributed by atoms with van der Waals surface area (Å²) in [5.74, 6) is 0.870. The molecule has 3 rings (SSSR count). The van der Waals surface area contributed by atoms with Gasteiger partial charge in [0, 0.05) is 6.07 Å². The number of carbonyl (C=O) groups is 1. The lowest BCUT2D eigenvalue weighted by molar-refractivity contribution is 0.101. The molecule has 0 amide bonds. The predicted octanol–water partition coefficient (Wildman–Crippen LogP) is 3.84. The van der Waals surface area contributed by atoms with Crippen LogP contribution in [0.3, 0.4) is 0 Å². The molecule has 0 N–H and O–H groups in total.